The number of nitrogens with one attached hydrogen (secondary N) is 1. The highest BCUT2D eigenvalue weighted by Crippen LogP contribution is 2.06. The smallest absolute Gasteiger partial charge is 0.240 e. The molecule has 7 heteroatoms. The van der Waals surface area contributed by atoms with Crippen LogP contribution in [0.2, 0.25) is 0 Å². The zero-order valence-corrected chi connectivity index (χ0v) is 12.5. The number of benzene rings is 1. The van der Waals surface area contributed by atoms with E-state index in [2.05, 4.69) is 4.72 Å². The quantitative estimate of drug-likeness (QED) is 0.757. The molecule has 0 radical (unpaired) electrons. The molecule has 0 spiro atoms. The third-order valence-corrected chi connectivity index (χ3v) is 4.21. The molecule has 20 heavy (non-hydrogen) atoms. The second-order valence-corrected chi connectivity index (χ2v) is 5.98. The Morgan fingerprint density at radius 1 is 1.25 bits per heavy atom. The molecule has 1 rings (SSSR count). The zero-order chi connectivity index (χ0) is 15.0. The number of hydrogen-bond acceptors (Lipinski definition) is 4. The average Bonchev–Trinajstić information content (AvgIpc) is 2.43. The van der Waals surface area contributed by atoms with Crippen molar-refractivity contribution in [3.63, 3.8) is 0 Å². The number of hydrogen-bond donors (Lipinski definition) is 1. The molecule has 0 atom stereocenters. The third-order valence-electron chi connectivity index (χ3n) is 2.74. The topological polar surface area (TPSA) is 75.7 Å². The maximum absolute atomic E-state index is 12.0. The number of carbonyl (C=O) groups excluding carboxylic acids is 1. The van der Waals surface area contributed by atoms with E-state index in [4.69, 9.17) is 4.74 Å². The third kappa shape index (κ3) is 5.28. The standard InChI is InChI=1S/C13H20N2O4S/c1-12(16)15(10-11-19-2)9-8-14-20(17,18)13-6-4-3-5-7-13/h3-7,14H,8-11H2,1-2H3. The first-order valence-corrected chi connectivity index (χ1v) is 7.75. The minimum atomic E-state index is -3.52. The Balaban J connectivity index is 2.52. The maximum atomic E-state index is 12.0. The van der Waals surface area contributed by atoms with Crippen LogP contribution in [0.15, 0.2) is 35.2 Å². The first-order chi connectivity index (χ1) is 9.47. The van der Waals surface area contributed by atoms with Crippen LogP contribution >= 0.6 is 0 Å². The van der Waals surface area contributed by atoms with Crippen LogP contribution in [0, 0.1) is 0 Å². The van der Waals surface area contributed by atoms with Gasteiger partial charge in [0.25, 0.3) is 0 Å². The number of nitrogens with zero attached hydrogens (tertiary/aromatic N) is 1. The van der Waals surface area contributed by atoms with E-state index in [0.29, 0.717) is 19.7 Å². The molecule has 1 aromatic carbocycles. The van der Waals surface area contributed by atoms with Crippen molar-refractivity contribution < 1.29 is 17.9 Å². The van der Waals surface area contributed by atoms with Gasteiger partial charge in [0.15, 0.2) is 0 Å². The monoisotopic (exact) mass is 300 g/mol. The van der Waals surface area contributed by atoms with Gasteiger partial charge in [0.2, 0.25) is 15.9 Å². The van der Waals surface area contributed by atoms with Crippen LogP contribution in [-0.4, -0.2) is 52.6 Å². The summed E-state index contributed by atoms with van der Waals surface area (Å²) in [6, 6.07) is 8.12. The SMILES string of the molecule is COCCN(CCNS(=O)(=O)c1ccccc1)C(C)=O. The van der Waals surface area contributed by atoms with E-state index in [1.54, 1.807) is 25.3 Å². The molecule has 6 nitrogen and oxygen atoms in total. The lowest BCUT2D eigenvalue weighted by Gasteiger charge is -2.20. The van der Waals surface area contributed by atoms with E-state index in [9.17, 15) is 13.2 Å². The van der Waals surface area contributed by atoms with Crippen molar-refractivity contribution in [2.45, 2.75) is 11.8 Å². The summed E-state index contributed by atoms with van der Waals surface area (Å²) < 4.78 is 31.3. The molecule has 0 aliphatic heterocycles. The molecule has 0 heterocycles. The van der Waals surface area contributed by atoms with E-state index >= 15 is 0 Å². The van der Waals surface area contributed by atoms with Gasteiger partial charge in [-0.15, -0.1) is 0 Å². The van der Waals surface area contributed by atoms with Gasteiger partial charge in [-0.25, -0.2) is 13.1 Å². The lowest BCUT2D eigenvalue weighted by atomic mass is 10.4. The summed E-state index contributed by atoms with van der Waals surface area (Å²) in [7, 11) is -1.97. The molecular weight excluding hydrogens is 280 g/mol. The van der Waals surface area contributed by atoms with E-state index in [1.165, 1.54) is 24.0 Å². The highest BCUT2D eigenvalue weighted by molar-refractivity contribution is 7.89. The summed E-state index contributed by atoms with van der Waals surface area (Å²) in [5.41, 5.74) is 0. The largest absolute Gasteiger partial charge is 0.383 e. The van der Waals surface area contributed by atoms with Crippen molar-refractivity contribution in [2.75, 3.05) is 33.4 Å². The highest BCUT2D eigenvalue weighted by Gasteiger charge is 2.14. The molecule has 0 aliphatic rings. The fourth-order valence-corrected chi connectivity index (χ4v) is 2.67. The van der Waals surface area contributed by atoms with E-state index in [1.807, 2.05) is 0 Å². The minimum absolute atomic E-state index is 0.110. The van der Waals surface area contributed by atoms with Crippen LogP contribution in [-0.2, 0) is 19.6 Å². The van der Waals surface area contributed by atoms with Crippen molar-refractivity contribution in [3.05, 3.63) is 30.3 Å². The molecule has 0 aliphatic carbocycles. The Labute approximate surface area is 119 Å². The fraction of sp³-hybridized carbons (Fsp3) is 0.462. The Bertz CT molecular complexity index is 516. The van der Waals surface area contributed by atoms with Gasteiger partial charge >= 0.3 is 0 Å². The number of methoxy groups -OCH3 is 1. The molecular formula is C13H20N2O4S. The van der Waals surface area contributed by atoms with Crippen LogP contribution in [0.4, 0.5) is 0 Å². The number of ether oxygens (including phenoxy) is 1. The number of rotatable bonds is 8. The maximum Gasteiger partial charge on any atom is 0.240 e. The van der Waals surface area contributed by atoms with Gasteiger partial charge in [-0.2, -0.15) is 0 Å². The van der Waals surface area contributed by atoms with Crippen LogP contribution in [0.1, 0.15) is 6.92 Å². The lowest BCUT2D eigenvalue weighted by molar-refractivity contribution is -0.129. The normalized spacial score (nSPS) is 11.3. The molecule has 1 aromatic rings. The van der Waals surface area contributed by atoms with Crippen molar-refractivity contribution in [2.24, 2.45) is 0 Å². The van der Waals surface area contributed by atoms with Crippen LogP contribution in [0.3, 0.4) is 0 Å². The van der Waals surface area contributed by atoms with Crippen molar-refractivity contribution >= 4 is 15.9 Å². The first kappa shape index (κ1) is 16.6. The Morgan fingerprint density at radius 2 is 1.90 bits per heavy atom. The molecule has 0 aromatic heterocycles. The van der Waals surface area contributed by atoms with Gasteiger partial charge in [0.05, 0.1) is 11.5 Å². The fourth-order valence-electron chi connectivity index (χ4n) is 1.63. The molecule has 0 saturated carbocycles. The summed E-state index contributed by atoms with van der Waals surface area (Å²) in [4.78, 5) is 13.1. The first-order valence-electron chi connectivity index (χ1n) is 6.26. The predicted molar refractivity (Wildman–Crippen MR) is 75.8 cm³/mol. The summed E-state index contributed by atoms with van der Waals surface area (Å²) in [5.74, 6) is -0.110. The number of carbonyl (C=O) groups is 1. The van der Waals surface area contributed by atoms with Gasteiger partial charge < -0.3 is 9.64 Å². The van der Waals surface area contributed by atoms with E-state index in [-0.39, 0.29) is 17.3 Å². The number of amides is 1. The molecule has 0 saturated heterocycles. The number of sulfonamides is 1. The summed E-state index contributed by atoms with van der Waals surface area (Å²) in [5, 5.41) is 0. The van der Waals surface area contributed by atoms with Crippen LogP contribution < -0.4 is 4.72 Å². The molecule has 1 N–H and O–H groups in total. The Kier molecular flexibility index (Phi) is 6.63. The summed E-state index contributed by atoms with van der Waals surface area (Å²) >= 11 is 0. The van der Waals surface area contributed by atoms with Crippen LogP contribution in [0.5, 0.6) is 0 Å². The minimum Gasteiger partial charge on any atom is -0.383 e. The highest BCUT2D eigenvalue weighted by atomic mass is 32.2. The second kappa shape index (κ2) is 7.98. The van der Waals surface area contributed by atoms with E-state index in [0.717, 1.165) is 0 Å². The molecule has 0 fully saturated rings. The summed E-state index contributed by atoms with van der Waals surface area (Å²) in [6.07, 6.45) is 0. The van der Waals surface area contributed by atoms with Crippen molar-refractivity contribution in [1.29, 1.82) is 0 Å². The summed E-state index contributed by atoms with van der Waals surface area (Å²) in [6.45, 7) is 2.79. The zero-order valence-electron chi connectivity index (χ0n) is 11.7. The molecule has 1 amide bonds. The molecule has 112 valence electrons. The lowest BCUT2D eigenvalue weighted by Crippen LogP contribution is -2.39. The van der Waals surface area contributed by atoms with E-state index < -0.39 is 10.0 Å². The van der Waals surface area contributed by atoms with Gasteiger partial charge in [0, 0.05) is 33.7 Å². The molecule has 0 unspecified atom stereocenters. The van der Waals surface area contributed by atoms with Gasteiger partial charge in [-0.1, -0.05) is 18.2 Å². The molecule has 0 bridgehead atoms. The second-order valence-electron chi connectivity index (χ2n) is 4.21. The van der Waals surface area contributed by atoms with Crippen molar-refractivity contribution in [3.8, 4) is 0 Å². The van der Waals surface area contributed by atoms with Gasteiger partial charge in [-0.3, -0.25) is 4.79 Å². The average molecular weight is 300 g/mol. The van der Waals surface area contributed by atoms with Gasteiger partial charge in [0.1, 0.15) is 0 Å². The Morgan fingerprint density at radius 3 is 2.45 bits per heavy atom. The van der Waals surface area contributed by atoms with Crippen molar-refractivity contribution in [1.82, 2.24) is 9.62 Å². The van der Waals surface area contributed by atoms with Crippen LogP contribution in [0.25, 0.3) is 0 Å². The van der Waals surface area contributed by atoms with Gasteiger partial charge in [-0.05, 0) is 12.1 Å². The predicted octanol–water partition coefficient (Wildman–Crippen LogP) is 0.460. The Hall–Kier alpha value is -1.44.